The van der Waals surface area contributed by atoms with Gasteiger partial charge in [-0.1, -0.05) is 0 Å². The van der Waals surface area contributed by atoms with E-state index in [0.29, 0.717) is 19.6 Å². The Labute approximate surface area is 140 Å². The zero-order valence-corrected chi connectivity index (χ0v) is 14.5. The van der Waals surface area contributed by atoms with Gasteiger partial charge in [-0.15, -0.1) is 11.3 Å². The van der Waals surface area contributed by atoms with E-state index in [4.69, 9.17) is 0 Å². The molecule has 0 atom stereocenters. The molecule has 0 amide bonds. The fourth-order valence-electron chi connectivity index (χ4n) is 2.59. The van der Waals surface area contributed by atoms with E-state index in [1.54, 1.807) is 11.3 Å². The fraction of sp³-hybridized carbons (Fsp3) is 0.733. The summed E-state index contributed by atoms with van der Waals surface area (Å²) in [5.74, 6) is 0.771. The van der Waals surface area contributed by atoms with Crippen LogP contribution in [0.1, 0.15) is 29.7 Å². The molecule has 0 saturated carbocycles. The normalized spacial score (nSPS) is 17.7. The van der Waals surface area contributed by atoms with Crippen molar-refractivity contribution >= 4 is 17.3 Å². The first-order chi connectivity index (χ1) is 11.1. The first-order valence-electron chi connectivity index (χ1n) is 8.03. The molecule has 0 bridgehead atoms. The molecule has 23 heavy (non-hydrogen) atoms. The van der Waals surface area contributed by atoms with E-state index in [9.17, 15) is 8.78 Å². The second-order valence-corrected chi connectivity index (χ2v) is 6.99. The molecule has 2 heterocycles. The Morgan fingerprint density at radius 3 is 2.78 bits per heavy atom. The number of guanidine groups is 1. The number of nitrogens with one attached hydrogen (secondary N) is 2. The number of hydrogen-bond donors (Lipinski definition) is 2. The van der Waals surface area contributed by atoms with Gasteiger partial charge in [-0.25, -0.2) is 18.8 Å². The molecule has 1 saturated heterocycles. The number of piperidine rings is 1. The molecule has 130 valence electrons. The van der Waals surface area contributed by atoms with Crippen molar-refractivity contribution in [3.05, 3.63) is 16.1 Å². The molecular weight excluding hydrogens is 320 g/mol. The predicted octanol–water partition coefficient (Wildman–Crippen LogP) is 2.24. The summed E-state index contributed by atoms with van der Waals surface area (Å²) >= 11 is 1.65. The number of halogens is 2. The van der Waals surface area contributed by atoms with Gasteiger partial charge in [-0.3, -0.25) is 4.90 Å². The van der Waals surface area contributed by atoms with Crippen molar-refractivity contribution in [1.29, 1.82) is 0 Å². The number of hydrogen-bond acceptors (Lipinski definition) is 4. The highest BCUT2D eigenvalue weighted by Crippen LogP contribution is 2.13. The maximum atomic E-state index is 12.4. The van der Waals surface area contributed by atoms with Gasteiger partial charge in [0, 0.05) is 36.8 Å². The van der Waals surface area contributed by atoms with Gasteiger partial charge in [-0.05, 0) is 26.7 Å². The molecule has 1 aliphatic rings. The molecule has 1 aliphatic heterocycles. The zero-order valence-electron chi connectivity index (χ0n) is 13.7. The van der Waals surface area contributed by atoms with E-state index < -0.39 is 6.43 Å². The van der Waals surface area contributed by atoms with Gasteiger partial charge in [0.15, 0.2) is 5.96 Å². The van der Waals surface area contributed by atoms with Crippen molar-refractivity contribution < 1.29 is 8.78 Å². The molecule has 2 rings (SSSR count). The van der Waals surface area contributed by atoms with Crippen LogP contribution in [0.4, 0.5) is 8.78 Å². The summed E-state index contributed by atoms with van der Waals surface area (Å²) in [6.07, 6.45) is 1.32. The van der Waals surface area contributed by atoms with Crippen molar-refractivity contribution in [2.45, 2.75) is 45.7 Å². The van der Waals surface area contributed by atoms with Crippen LogP contribution >= 0.6 is 11.3 Å². The number of nitrogens with zero attached hydrogens (tertiary/aromatic N) is 3. The molecule has 0 radical (unpaired) electrons. The van der Waals surface area contributed by atoms with Crippen LogP contribution in [0.3, 0.4) is 0 Å². The SMILES string of the molecule is CCNC(=NCc1ncc(C)s1)NC1CCN(CC(F)F)CC1. The van der Waals surface area contributed by atoms with Crippen molar-refractivity contribution in [3.63, 3.8) is 0 Å². The Morgan fingerprint density at radius 1 is 1.48 bits per heavy atom. The van der Waals surface area contributed by atoms with E-state index >= 15 is 0 Å². The lowest BCUT2D eigenvalue weighted by molar-refractivity contribution is 0.0744. The van der Waals surface area contributed by atoms with E-state index in [2.05, 4.69) is 20.6 Å². The minimum absolute atomic E-state index is 0.121. The van der Waals surface area contributed by atoms with Crippen LogP contribution in [0.15, 0.2) is 11.2 Å². The van der Waals surface area contributed by atoms with E-state index in [0.717, 1.165) is 30.4 Å². The number of aromatic nitrogens is 1. The molecule has 1 aromatic rings. The lowest BCUT2D eigenvalue weighted by Crippen LogP contribution is -2.49. The highest BCUT2D eigenvalue weighted by Gasteiger charge is 2.21. The Kier molecular flexibility index (Phi) is 7.16. The summed E-state index contributed by atoms with van der Waals surface area (Å²) in [7, 11) is 0. The third kappa shape index (κ3) is 6.39. The Balaban J connectivity index is 1.82. The first-order valence-corrected chi connectivity index (χ1v) is 8.85. The quantitative estimate of drug-likeness (QED) is 0.613. The van der Waals surface area contributed by atoms with Crippen molar-refractivity contribution in [2.75, 3.05) is 26.2 Å². The van der Waals surface area contributed by atoms with Gasteiger partial charge < -0.3 is 10.6 Å². The van der Waals surface area contributed by atoms with Crippen LogP contribution in [0, 0.1) is 6.92 Å². The average molecular weight is 345 g/mol. The number of likely N-dealkylation sites (tertiary alicyclic amines) is 1. The molecule has 5 nitrogen and oxygen atoms in total. The number of alkyl halides is 2. The number of thiazole rings is 1. The number of aliphatic imine (C=N–C) groups is 1. The fourth-order valence-corrected chi connectivity index (χ4v) is 3.30. The topological polar surface area (TPSA) is 52.6 Å². The molecule has 0 unspecified atom stereocenters. The van der Waals surface area contributed by atoms with Gasteiger partial charge in [-0.2, -0.15) is 0 Å². The van der Waals surface area contributed by atoms with Crippen LogP contribution in [0.5, 0.6) is 0 Å². The van der Waals surface area contributed by atoms with Crippen LogP contribution in [-0.4, -0.2) is 54.5 Å². The zero-order chi connectivity index (χ0) is 16.7. The van der Waals surface area contributed by atoms with Gasteiger partial charge in [0.05, 0.1) is 13.1 Å². The van der Waals surface area contributed by atoms with Crippen molar-refractivity contribution in [2.24, 2.45) is 4.99 Å². The molecule has 2 N–H and O–H groups in total. The summed E-state index contributed by atoms with van der Waals surface area (Å²) in [5.41, 5.74) is 0. The molecule has 0 spiro atoms. The monoisotopic (exact) mass is 345 g/mol. The number of rotatable bonds is 6. The summed E-state index contributed by atoms with van der Waals surface area (Å²) in [4.78, 5) is 11.9. The summed E-state index contributed by atoms with van der Waals surface area (Å²) in [6.45, 7) is 6.67. The van der Waals surface area contributed by atoms with E-state index in [1.165, 1.54) is 4.88 Å². The van der Waals surface area contributed by atoms with Crippen LogP contribution < -0.4 is 10.6 Å². The Hall–Kier alpha value is -1.28. The van der Waals surface area contributed by atoms with Crippen molar-refractivity contribution in [3.8, 4) is 0 Å². The molecule has 1 fully saturated rings. The van der Waals surface area contributed by atoms with Crippen molar-refractivity contribution in [1.82, 2.24) is 20.5 Å². The molecule has 8 heteroatoms. The van der Waals surface area contributed by atoms with Gasteiger partial charge in [0.1, 0.15) is 5.01 Å². The third-order valence-electron chi connectivity index (χ3n) is 3.71. The third-order valence-corrected chi connectivity index (χ3v) is 4.61. The van der Waals surface area contributed by atoms with Crippen LogP contribution in [-0.2, 0) is 6.54 Å². The summed E-state index contributed by atoms with van der Waals surface area (Å²) in [5, 5.41) is 7.63. The highest BCUT2D eigenvalue weighted by atomic mass is 32.1. The smallest absolute Gasteiger partial charge is 0.251 e. The van der Waals surface area contributed by atoms with Gasteiger partial charge >= 0.3 is 0 Å². The average Bonchev–Trinajstić information content (AvgIpc) is 2.92. The largest absolute Gasteiger partial charge is 0.357 e. The van der Waals surface area contributed by atoms with E-state index in [1.807, 2.05) is 24.9 Å². The van der Waals surface area contributed by atoms with E-state index in [-0.39, 0.29) is 12.6 Å². The summed E-state index contributed by atoms with van der Waals surface area (Å²) < 4.78 is 24.8. The Morgan fingerprint density at radius 2 is 2.22 bits per heavy atom. The van der Waals surface area contributed by atoms with Crippen LogP contribution in [0.25, 0.3) is 0 Å². The maximum Gasteiger partial charge on any atom is 0.251 e. The highest BCUT2D eigenvalue weighted by molar-refractivity contribution is 7.11. The maximum absolute atomic E-state index is 12.4. The molecular formula is C15H25F2N5S. The second-order valence-electron chi connectivity index (χ2n) is 5.67. The second kappa shape index (κ2) is 9.12. The Bertz CT molecular complexity index is 498. The minimum atomic E-state index is -2.25. The first kappa shape index (κ1) is 18.1. The van der Waals surface area contributed by atoms with Gasteiger partial charge in [0.25, 0.3) is 6.43 Å². The number of aryl methyl sites for hydroxylation is 1. The molecule has 0 aliphatic carbocycles. The predicted molar refractivity (Wildman–Crippen MR) is 90.3 cm³/mol. The molecule has 1 aromatic heterocycles. The summed E-state index contributed by atoms with van der Waals surface area (Å²) in [6, 6.07) is 0.278. The van der Waals surface area contributed by atoms with Crippen LogP contribution in [0.2, 0.25) is 0 Å². The van der Waals surface area contributed by atoms with Gasteiger partial charge in [0.2, 0.25) is 0 Å². The minimum Gasteiger partial charge on any atom is -0.357 e. The standard InChI is InChI=1S/C15H25F2N5S/c1-3-18-15(20-9-14-19-8-11(2)23-14)21-12-4-6-22(7-5-12)10-13(16)17/h8,12-13H,3-7,9-10H2,1-2H3,(H2,18,20,21). The lowest BCUT2D eigenvalue weighted by Gasteiger charge is -2.32. The lowest BCUT2D eigenvalue weighted by atomic mass is 10.1. The molecule has 0 aromatic carbocycles.